The van der Waals surface area contributed by atoms with Crippen LogP contribution in [0, 0.1) is 0 Å². The highest BCUT2D eigenvalue weighted by atomic mass is 32.2. The smallest absolute Gasteiger partial charge is 0.238 e. The standard InChI is InChI=1S/C24H31N3O5S/c1-25-13-6-11-22(25)17-26(18-23-12-7-16-32-23)24(28)19-27(14-8-15-31-2)33(29,30)20-21-9-4-3-5-10-21/h3-7,9-13,16H,8,14-15,17-20H2,1-2H3. The Morgan fingerprint density at radius 1 is 1.06 bits per heavy atom. The van der Waals surface area contributed by atoms with Crippen molar-refractivity contribution < 1.29 is 22.4 Å². The SMILES string of the molecule is COCCCN(CC(=O)N(Cc1ccco1)Cc1cccn1C)S(=O)(=O)Cc1ccccc1. The molecule has 3 aromatic rings. The summed E-state index contributed by atoms with van der Waals surface area (Å²) in [6.45, 7) is 0.956. The second-order valence-corrected chi connectivity index (χ2v) is 9.83. The van der Waals surface area contributed by atoms with Crippen LogP contribution in [-0.2, 0) is 45.4 Å². The normalized spacial score (nSPS) is 11.7. The first-order chi connectivity index (χ1) is 15.9. The first kappa shape index (κ1) is 24.8. The van der Waals surface area contributed by atoms with E-state index in [9.17, 15) is 13.2 Å². The van der Waals surface area contributed by atoms with E-state index >= 15 is 0 Å². The summed E-state index contributed by atoms with van der Waals surface area (Å²) in [5, 5.41) is 0. The molecule has 9 heteroatoms. The van der Waals surface area contributed by atoms with E-state index in [4.69, 9.17) is 9.15 Å². The summed E-state index contributed by atoms with van der Waals surface area (Å²) in [5.41, 5.74) is 1.62. The van der Waals surface area contributed by atoms with Crippen molar-refractivity contribution in [2.45, 2.75) is 25.3 Å². The molecule has 0 radical (unpaired) electrons. The van der Waals surface area contributed by atoms with Crippen LogP contribution in [0.4, 0.5) is 0 Å². The molecule has 0 spiro atoms. The molecule has 1 amide bonds. The zero-order chi connectivity index (χ0) is 23.7. The quantitative estimate of drug-likeness (QED) is 0.356. The van der Waals surface area contributed by atoms with Gasteiger partial charge in [-0.05, 0) is 36.2 Å². The number of aromatic nitrogens is 1. The third-order valence-corrected chi connectivity index (χ3v) is 7.13. The van der Waals surface area contributed by atoms with Crippen LogP contribution < -0.4 is 0 Å². The van der Waals surface area contributed by atoms with Crippen LogP contribution >= 0.6 is 0 Å². The number of ether oxygens (including phenoxy) is 1. The molecule has 33 heavy (non-hydrogen) atoms. The minimum Gasteiger partial charge on any atom is -0.467 e. The fourth-order valence-corrected chi connectivity index (χ4v) is 5.02. The maximum atomic E-state index is 13.4. The molecule has 0 aliphatic heterocycles. The van der Waals surface area contributed by atoms with E-state index in [1.165, 1.54) is 4.31 Å². The Morgan fingerprint density at radius 3 is 2.48 bits per heavy atom. The average molecular weight is 474 g/mol. The van der Waals surface area contributed by atoms with Crippen LogP contribution in [0.5, 0.6) is 0 Å². The van der Waals surface area contributed by atoms with Gasteiger partial charge in [-0.25, -0.2) is 8.42 Å². The molecule has 3 rings (SSSR count). The predicted octanol–water partition coefficient (Wildman–Crippen LogP) is 3.02. The Morgan fingerprint density at radius 2 is 1.85 bits per heavy atom. The molecular formula is C24H31N3O5S. The van der Waals surface area contributed by atoms with E-state index in [0.717, 1.165) is 5.69 Å². The van der Waals surface area contributed by atoms with Crippen molar-refractivity contribution in [3.63, 3.8) is 0 Å². The van der Waals surface area contributed by atoms with Crippen LogP contribution in [-0.4, -0.2) is 54.9 Å². The van der Waals surface area contributed by atoms with Gasteiger partial charge in [-0.15, -0.1) is 0 Å². The molecule has 0 N–H and O–H groups in total. The molecule has 2 aromatic heterocycles. The van der Waals surface area contributed by atoms with E-state index in [1.54, 1.807) is 54.7 Å². The summed E-state index contributed by atoms with van der Waals surface area (Å²) in [4.78, 5) is 15.0. The van der Waals surface area contributed by atoms with Crippen LogP contribution in [0.1, 0.15) is 23.4 Å². The Hall–Kier alpha value is -2.88. The molecule has 178 valence electrons. The van der Waals surface area contributed by atoms with Gasteiger partial charge < -0.3 is 18.6 Å². The number of furan rings is 1. The van der Waals surface area contributed by atoms with Gasteiger partial charge >= 0.3 is 0 Å². The molecule has 0 saturated carbocycles. The van der Waals surface area contributed by atoms with Crippen molar-refractivity contribution in [2.75, 3.05) is 26.8 Å². The first-order valence-corrected chi connectivity index (χ1v) is 12.4. The Kier molecular flexibility index (Phi) is 8.87. The lowest BCUT2D eigenvalue weighted by atomic mass is 10.2. The van der Waals surface area contributed by atoms with Gasteiger partial charge in [0.2, 0.25) is 15.9 Å². The number of carbonyl (C=O) groups is 1. The molecular weight excluding hydrogens is 442 g/mol. The van der Waals surface area contributed by atoms with Gasteiger partial charge in [0.15, 0.2) is 0 Å². The molecule has 1 aromatic carbocycles. The Bertz CT molecular complexity index is 1090. The number of benzene rings is 1. The van der Waals surface area contributed by atoms with Crippen LogP contribution in [0.3, 0.4) is 0 Å². The van der Waals surface area contributed by atoms with E-state index in [-0.39, 0.29) is 31.3 Å². The second-order valence-electron chi connectivity index (χ2n) is 7.86. The third kappa shape index (κ3) is 7.31. The highest BCUT2D eigenvalue weighted by molar-refractivity contribution is 7.88. The van der Waals surface area contributed by atoms with Crippen molar-refractivity contribution >= 4 is 15.9 Å². The molecule has 0 aliphatic rings. The lowest BCUT2D eigenvalue weighted by Gasteiger charge is -2.27. The number of aryl methyl sites for hydroxylation is 1. The minimum absolute atomic E-state index is 0.163. The van der Waals surface area contributed by atoms with E-state index in [2.05, 4.69) is 0 Å². The maximum Gasteiger partial charge on any atom is 0.238 e. The van der Waals surface area contributed by atoms with Crippen molar-refractivity contribution in [2.24, 2.45) is 7.05 Å². The molecule has 0 bridgehead atoms. The number of nitrogens with zero attached hydrogens (tertiary/aromatic N) is 3. The third-order valence-electron chi connectivity index (χ3n) is 5.34. The first-order valence-electron chi connectivity index (χ1n) is 10.8. The minimum atomic E-state index is -3.72. The molecule has 0 saturated heterocycles. The summed E-state index contributed by atoms with van der Waals surface area (Å²) in [5.74, 6) is 0.182. The molecule has 0 unspecified atom stereocenters. The van der Waals surface area contributed by atoms with Gasteiger partial charge in [0, 0.05) is 39.2 Å². The molecule has 0 atom stereocenters. The van der Waals surface area contributed by atoms with Crippen molar-refractivity contribution in [3.05, 3.63) is 84.1 Å². The number of amides is 1. The summed E-state index contributed by atoms with van der Waals surface area (Å²) >= 11 is 0. The van der Waals surface area contributed by atoms with Crippen LogP contribution in [0.25, 0.3) is 0 Å². The lowest BCUT2D eigenvalue weighted by Crippen LogP contribution is -2.43. The maximum absolute atomic E-state index is 13.4. The molecule has 0 aliphatic carbocycles. The monoisotopic (exact) mass is 473 g/mol. The van der Waals surface area contributed by atoms with Gasteiger partial charge in [-0.2, -0.15) is 4.31 Å². The van der Waals surface area contributed by atoms with E-state index in [1.807, 2.05) is 36.0 Å². The van der Waals surface area contributed by atoms with Gasteiger partial charge in [0.05, 0.1) is 31.7 Å². The zero-order valence-electron chi connectivity index (χ0n) is 19.1. The Labute approximate surface area is 195 Å². The lowest BCUT2D eigenvalue weighted by molar-refractivity contribution is -0.133. The highest BCUT2D eigenvalue weighted by Crippen LogP contribution is 2.15. The number of carbonyl (C=O) groups excluding carboxylic acids is 1. The average Bonchev–Trinajstić information content (AvgIpc) is 3.45. The summed E-state index contributed by atoms with van der Waals surface area (Å²) in [7, 11) is -0.238. The molecule has 0 fully saturated rings. The van der Waals surface area contributed by atoms with E-state index in [0.29, 0.717) is 30.9 Å². The summed E-state index contributed by atoms with van der Waals surface area (Å²) in [6.07, 6.45) is 3.96. The van der Waals surface area contributed by atoms with Gasteiger partial charge in [0.1, 0.15) is 5.76 Å². The van der Waals surface area contributed by atoms with Crippen molar-refractivity contribution in [1.82, 2.24) is 13.8 Å². The Balaban J connectivity index is 1.79. The van der Waals surface area contributed by atoms with Gasteiger partial charge in [-0.1, -0.05) is 30.3 Å². The van der Waals surface area contributed by atoms with Gasteiger partial charge in [-0.3, -0.25) is 4.79 Å². The van der Waals surface area contributed by atoms with Crippen molar-refractivity contribution in [1.29, 1.82) is 0 Å². The highest BCUT2D eigenvalue weighted by Gasteiger charge is 2.27. The topological polar surface area (TPSA) is 85.0 Å². The summed E-state index contributed by atoms with van der Waals surface area (Å²) in [6, 6.07) is 16.4. The zero-order valence-corrected chi connectivity index (χ0v) is 19.9. The molecule has 2 heterocycles. The van der Waals surface area contributed by atoms with E-state index < -0.39 is 10.0 Å². The van der Waals surface area contributed by atoms with Gasteiger partial charge in [0.25, 0.3) is 0 Å². The summed E-state index contributed by atoms with van der Waals surface area (Å²) < 4.78 is 40.2. The van der Waals surface area contributed by atoms with Crippen LogP contribution in [0.2, 0.25) is 0 Å². The molecule has 8 nitrogen and oxygen atoms in total. The number of methoxy groups -OCH3 is 1. The number of sulfonamides is 1. The number of hydrogen-bond donors (Lipinski definition) is 0. The fraction of sp³-hybridized carbons (Fsp3) is 0.375. The number of hydrogen-bond acceptors (Lipinski definition) is 5. The number of rotatable bonds is 13. The fourth-order valence-electron chi connectivity index (χ4n) is 3.51. The van der Waals surface area contributed by atoms with Crippen LogP contribution in [0.15, 0.2) is 71.5 Å². The van der Waals surface area contributed by atoms with Crippen molar-refractivity contribution in [3.8, 4) is 0 Å². The second kappa shape index (κ2) is 11.8. The predicted molar refractivity (Wildman–Crippen MR) is 126 cm³/mol. The largest absolute Gasteiger partial charge is 0.467 e.